The third kappa shape index (κ3) is 4.13. The van der Waals surface area contributed by atoms with Crippen molar-refractivity contribution in [3.63, 3.8) is 0 Å². The maximum atomic E-state index is 4.49. The van der Waals surface area contributed by atoms with Gasteiger partial charge >= 0.3 is 0 Å². The van der Waals surface area contributed by atoms with Gasteiger partial charge in [0.25, 0.3) is 0 Å². The third-order valence-corrected chi connectivity index (χ3v) is 5.18. The van der Waals surface area contributed by atoms with Gasteiger partial charge in [0.15, 0.2) is 0 Å². The average molecular weight is 339 g/mol. The summed E-state index contributed by atoms with van der Waals surface area (Å²) in [6.45, 7) is 11.3. The van der Waals surface area contributed by atoms with Crippen molar-refractivity contribution in [3.05, 3.63) is 48.5 Å². The van der Waals surface area contributed by atoms with Crippen LogP contribution in [0, 0.1) is 0 Å². The zero-order valence-corrected chi connectivity index (χ0v) is 15.6. The Balaban J connectivity index is 1.74. The summed E-state index contributed by atoms with van der Waals surface area (Å²) in [6, 6.07) is 5.09. The number of fused-ring (bicyclic) bond motifs is 1. The molecule has 1 fully saturated rings. The first-order chi connectivity index (χ1) is 12.1. The standard InChI is InChI=1S/C20H29N5/c1-5-6-7-9-23(4)20-14-21-25-10-8-18(13-19(20)25)16-24-12-11-22(3)17(2)15-24/h6,8,10,13-14,17H,1,7,9,11-12,15-16H2,2-4H3. The van der Waals surface area contributed by atoms with Crippen LogP contribution in [-0.2, 0) is 6.54 Å². The molecule has 2 aromatic heterocycles. The van der Waals surface area contributed by atoms with Crippen LogP contribution in [0.5, 0.6) is 0 Å². The number of likely N-dealkylation sites (N-methyl/N-ethyl adjacent to an activating group) is 1. The van der Waals surface area contributed by atoms with E-state index in [2.05, 4.69) is 71.5 Å². The van der Waals surface area contributed by atoms with Crippen LogP contribution in [-0.4, -0.2) is 65.7 Å². The molecule has 1 unspecified atom stereocenters. The Morgan fingerprint density at radius 3 is 3.04 bits per heavy atom. The summed E-state index contributed by atoms with van der Waals surface area (Å²) < 4.78 is 1.96. The van der Waals surface area contributed by atoms with Gasteiger partial charge in [-0.05, 0) is 44.2 Å². The molecule has 0 spiro atoms. The lowest BCUT2D eigenvalue weighted by Gasteiger charge is -2.37. The van der Waals surface area contributed by atoms with E-state index in [4.69, 9.17) is 0 Å². The Labute approximate surface area is 150 Å². The second-order valence-electron chi connectivity index (χ2n) is 7.08. The molecule has 1 aliphatic rings. The molecular formula is C20H29N5. The number of aromatic nitrogens is 2. The molecule has 3 rings (SSSR count). The summed E-state index contributed by atoms with van der Waals surface area (Å²) in [5.74, 6) is 0. The van der Waals surface area contributed by atoms with Crippen molar-refractivity contribution in [1.29, 1.82) is 0 Å². The van der Waals surface area contributed by atoms with Gasteiger partial charge in [-0.25, -0.2) is 4.52 Å². The van der Waals surface area contributed by atoms with Gasteiger partial charge in [-0.3, -0.25) is 4.90 Å². The van der Waals surface area contributed by atoms with E-state index in [9.17, 15) is 0 Å². The largest absolute Gasteiger partial charge is 0.371 e. The summed E-state index contributed by atoms with van der Waals surface area (Å²) in [6.07, 6.45) is 6.94. The summed E-state index contributed by atoms with van der Waals surface area (Å²) in [7, 11) is 4.33. The SMILES string of the molecule is C=C=CCCN(C)c1cnn2ccc(CN3CCN(C)C(C)C3)cc12. The average Bonchev–Trinajstić information content (AvgIpc) is 3.01. The minimum Gasteiger partial charge on any atom is -0.371 e. The molecule has 25 heavy (non-hydrogen) atoms. The zero-order chi connectivity index (χ0) is 17.8. The smallest absolute Gasteiger partial charge is 0.0898 e. The van der Waals surface area contributed by atoms with E-state index in [-0.39, 0.29) is 0 Å². The fourth-order valence-electron chi connectivity index (χ4n) is 3.41. The van der Waals surface area contributed by atoms with Crippen LogP contribution in [0.25, 0.3) is 5.52 Å². The number of pyridine rings is 1. The van der Waals surface area contributed by atoms with Crippen molar-refractivity contribution in [2.45, 2.75) is 25.9 Å². The van der Waals surface area contributed by atoms with E-state index in [0.717, 1.165) is 39.1 Å². The van der Waals surface area contributed by atoms with E-state index in [1.165, 1.54) is 16.8 Å². The van der Waals surface area contributed by atoms with Crippen LogP contribution >= 0.6 is 0 Å². The predicted octanol–water partition coefficient (Wildman–Crippen LogP) is 2.64. The second kappa shape index (κ2) is 7.87. The van der Waals surface area contributed by atoms with Crippen molar-refractivity contribution < 1.29 is 0 Å². The molecule has 0 amide bonds. The molecular weight excluding hydrogens is 310 g/mol. The van der Waals surface area contributed by atoms with E-state index >= 15 is 0 Å². The van der Waals surface area contributed by atoms with Gasteiger partial charge in [0.2, 0.25) is 0 Å². The molecule has 2 aromatic rings. The molecule has 134 valence electrons. The van der Waals surface area contributed by atoms with E-state index in [1.54, 1.807) is 0 Å². The molecule has 1 aliphatic heterocycles. The number of nitrogens with zero attached hydrogens (tertiary/aromatic N) is 5. The van der Waals surface area contributed by atoms with Crippen LogP contribution in [0.3, 0.4) is 0 Å². The maximum Gasteiger partial charge on any atom is 0.0898 e. The normalized spacial score (nSPS) is 19.1. The van der Waals surface area contributed by atoms with Gasteiger partial charge < -0.3 is 9.80 Å². The van der Waals surface area contributed by atoms with Crippen LogP contribution in [0.2, 0.25) is 0 Å². The quantitative estimate of drug-likeness (QED) is 0.756. The van der Waals surface area contributed by atoms with Gasteiger partial charge in [-0.1, -0.05) is 6.58 Å². The minimum atomic E-state index is 0.618. The maximum absolute atomic E-state index is 4.49. The third-order valence-electron chi connectivity index (χ3n) is 5.18. The molecule has 0 N–H and O–H groups in total. The zero-order valence-electron chi connectivity index (χ0n) is 15.6. The Kier molecular flexibility index (Phi) is 5.59. The van der Waals surface area contributed by atoms with E-state index in [1.807, 2.05) is 16.8 Å². The van der Waals surface area contributed by atoms with Crippen LogP contribution in [0.4, 0.5) is 5.69 Å². The van der Waals surface area contributed by atoms with Crippen LogP contribution in [0.1, 0.15) is 18.9 Å². The minimum absolute atomic E-state index is 0.618. The van der Waals surface area contributed by atoms with Crippen LogP contribution < -0.4 is 4.90 Å². The first-order valence-electron chi connectivity index (χ1n) is 9.03. The summed E-state index contributed by atoms with van der Waals surface area (Å²) in [5.41, 5.74) is 6.53. The molecule has 0 bridgehead atoms. The fourth-order valence-corrected chi connectivity index (χ4v) is 3.41. The first kappa shape index (κ1) is 17.7. The Hall–Kier alpha value is -2.07. The van der Waals surface area contributed by atoms with Crippen molar-refractivity contribution in [2.75, 3.05) is 45.2 Å². The highest BCUT2D eigenvalue weighted by molar-refractivity contribution is 5.72. The number of anilines is 1. The highest BCUT2D eigenvalue weighted by atomic mass is 15.3. The molecule has 1 atom stereocenters. The molecule has 3 heterocycles. The van der Waals surface area contributed by atoms with Crippen LogP contribution in [0.15, 0.2) is 42.9 Å². The molecule has 0 saturated carbocycles. The lowest BCUT2D eigenvalue weighted by Crippen LogP contribution is -2.49. The number of piperazine rings is 1. The lowest BCUT2D eigenvalue weighted by molar-refractivity contribution is 0.1000. The van der Waals surface area contributed by atoms with Crippen molar-refractivity contribution >= 4 is 11.2 Å². The first-order valence-corrected chi connectivity index (χ1v) is 9.03. The van der Waals surface area contributed by atoms with Crippen molar-refractivity contribution in [2.24, 2.45) is 0 Å². The molecule has 5 heteroatoms. The Morgan fingerprint density at radius 2 is 2.28 bits per heavy atom. The molecule has 5 nitrogen and oxygen atoms in total. The monoisotopic (exact) mass is 339 g/mol. The Morgan fingerprint density at radius 1 is 1.44 bits per heavy atom. The Bertz CT molecular complexity index is 759. The van der Waals surface area contributed by atoms with Gasteiger partial charge in [0, 0.05) is 52.0 Å². The van der Waals surface area contributed by atoms with Gasteiger partial charge in [0.05, 0.1) is 17.4 Å². The highest BCUT2D eigenvalue weighted by Gasteiger charge is 2.20. The van der Waals surface area contributed by atoms with Gasteiger partial charge in [-0.2, -0.15) is 5.10 Å². The predicted molar refractivity (Wildman–Crippen MR) is 104 cm³/mol. The van der Waals surface area contributed by atoms with Gasteiger partial charge in [-0.15, -0.1) is 5.73 Å². The van der Waals surface area contributed by atoms with E-state index < -0.39 is 0 Å². The topological polar surface area (TPSA) is 27.0 Å². The number of rotatable bonds is 6. The number of hydrogen-bond acceptors (Lipinski definition) is 4. The fraction of sp³-hybridized carbons (Fsp3) is 0.500. The molecule has 0 aliphatic carbocycles. The van der Waals surface area contributed by atoms with Crippen molar-refractivity contribution in [1.82, 2.24) is 19.4 Å². The molecule has 0 aromatic carbocycles. The number of hydrogen-bond donors (Lipinski definition) is 0. The van der Waals surface area contributed by atoms with E-state index in [0.29, 0.717) is 6.04 Å². The summed E-state index contributed by atoms with van der Waals surface area (Å²) in [5, 5.41) is 4.49. The highest BCUT2D eigenvalue weighted by Crippen LogP contribution is 2.22. The van der Waals surface area contributed by atoms with Crippen molar-refractivity contribution in [3.8, 4) is 0 Å². The summed E-state index contributed by atoms with van der Waals surface area (Å²) in [4.78, 5) is 7.23. The molecule has 0 radical (unpaired) electrons. The molecule has 1 saturated heterocycles. The van der Waals surface area contributed by atoms with Gasteiger partial charge in [0.1, 0.15) is 0 Å². The summed E-state index contributed by atoms with van der Waals surface area (Å²) >= 11 is 0. The second-order valence-corrected chi connectivity index (χ2v) is 7.08. The lowest BCUT2D eigenvalue weighted by atomic mass is 10.1.